The molecule has 0 saturated heterocycles. The number of carbonyl (C=O) groups excluding carboxylic acids is 1. The Balaban J connectivity index is 1.38. The van der Waals surface area contributed by atoms with Crippen molar-refractivity contribution in [3.63, 3.8) is 0 Å². The van der Waals surface area contributed by atoms with Crippen LogP contribution in [0.5, 0.6) is 0 Å². The van der Waals surface area contributed by atoms with E-state index in [-0.39, 0.29) is 11.7 Å². The van der Waals surface area contributed by atoms with Crippen molar-refractivity contribution in [2.45, 2.75) is 13.5 Å². The summed E-state index contributed by atoms with van der Waals surface area (Å²) in [5, 5.41) is 16.6. The molecule has 0 aliphatic heterocycles. The van der Waals surface area contributed by atoms with Crippen LogP contribution in [0, 0.1) is 5.82 Å². The molecule has 1 aromatic heterocycles. The number of tetrazole rings is 1. The van der Waals surface area contributed by atoms with Gasteiger partial charge in [0.2, 0.25) is 5.82 Å². The van der Waals surface area contributed by atoms with Gasteiger partial charge in [-0.25, -0.2) is 9.82 Å². The number of nitrogens with one attached hydrogen (secondary N) is 1. The van der Waals surface area contributed by atoms with Crippen LogP contribution in [0.25, 0.3) is 11.4 Å². The lowest BCUT2D eigenvalue weighted by Gasteiger charge is -2.05. The van der Waals surface area contributed by atoms with Gasteiger partial charge in [0.25, 0.3) is 5.91 Å². The predicted octanol–water partition coefficient (Wildman–Crippen LogP) is 3.68. The predicted molar refractivity (Wildman–Crippen MR) is 115 cm³/mol. The van der Waals surface area contributed by atoms with Crippen LogP contribution in [-0.4, -0.2) is 31.8 Å². The number of nitrogens with zero attached hydrogens (tertiary/aromatic N) is 5. The number of carbonyl (C=O) groups is 1. The second-order valence-electron chi connectivity index (χ2n) is 6.85. The van der Waals surface area contributed by atoms with Crippen LogP contribution in [0.4, 0.5) is 4.39 Å². The van der Waals surface area contributed by atoms with E-state index in [9.17, 15) is 9.18 Å². The molecule has 7 nitrogen and oxygen atoms in total. The number of hydrogen-bond acceptors (Lipinski definition) is 5. The number of amides is 1. The van der Waals surface area contributed by atoms with Crippen molar-refractivity contribution in [3.8, 4) is 11.4 Å². The van der Waals surface area contributed by atoms with E-state index in [0.717, 1.165) is 16.7 Å². The van der Waals surface area contributed by atoms with Crippen molar-refractivity contribution in [2.24, 2.45) is 5.10 Å². The molecule has 0 saturated carbocycles. The van der Waals surface area contributed by atoms with Crippen LogP contribution < -0.4 is 5.43 Å². The maximum atomic E-state index is 13.0. The van der Waals surface area contributed by atoms with Gasteiger partial charge in [0, 0.05) is 11.1 Å². The van der Waals surface area contributed by atoms with E-state index in [1.165, 1.54) is 16.9 Å². The molecule has 0 spiro atoms. The van der Waals surface area contributed by atoms with Crippen molar-refractivity contribution < 1.29 is 9.18 Å². The summed E-state index contributed by atoms with van der Waals surface area (Å²) < 4.78 is 13.0. The Kier molecular flexibility index (Phi) is 5.89. The smallest absolute Gasteiger partial charge is 0.267 e. The van der Waals surface area contributed by atoms with E-state index in [1.54, 1.807) is 31.2 Å². The summed E-state index contributed by atoms with van der Waals surface area (Å²) in [5.41, 5.74) is 6.13. The van der Waals surface area contributed by atoms with Gasteiger partial charge in [-0.1, -0.05) is 54.6 Å². The molecule has 0 unspecified atom stereocenters. The molecule has 0 aliphatic rings. The summed E-state index contributed by atoms with van der Waals surface area (Å²) in [4.78, 5) is 13.9. The molecule has 0 bridgehead atoms. The molecule has 4 rings (SSSR count). The first-order valence-electron chi connectivity index (χ1n) is 9.61. The highest BCUT2D eigenvalue weighted by Gasteiger charge is 2.08. The Labute approximate surface area is 178 Å². The van der Waals surface area contributed by atoms with E-state index >= 15 is 0 Å². The first-order chi connectivity index (χ1) is 15.1. The summed E-state index contributed by atoms with van der Waals surface area (Å²) >= 11 is 0. The molecule has 0 aliphatic carbocycles. The molecule has 0 fully saturated rings. The van der Waals surface area contributed by atoms with Gasteiger partial charge in [-0.15, -0.1) is 10.2 Å². The van der Waals surface area contributed by atoms with Crippen LogP contribution in [0.2, 0.25) is 0 Å². The fourth-order valence-electron chi connectivity index (χ4n) is 2.89. The van der Waals surface area contributed by atoms with E-state index in [0.29, 0.717) is 23.6 Å². The van der Waals surface area contributed by atoms with Crippen LogP contribution in [0.1, 0.15) is 28.4 Å². The van der Waals surface area contributed by atoms with Crippen molar-refractivity contribution >= 4 is 11.6 Å². The average Bonchev–Trinajstić information content (AvgIpc) is 3.27. The molecule has 0 radical (unpaired) electrons. The second-order valence-corrected chi connectivity index (χ2v) is 6.85. The van der Waals surface area contributed by atoms with Crippen molar-refractivity contribution in [3.05, 3.63) is 101 Å². The van der Waals surface area contributed by atoms with Crippen molar-refractivity contribution in [2.75, 3.05) is 0 Å². The third-order valence-corrected chi connectivity index (χ3v) is 4.61. The third kappa shape index (κ3) is 5.05. The normalized spacial score (nSPS) is 11.4. The first kappa shape index (κ1) is 20.1. The molecule has 31 heavy (non-hydrogen) atoms. The maximum Gasteiger partial charge on any atom is 0.271 e. The Bertz CT molecular complexity index is 1200. The summed E-state index contributed by atoms with van der Waals surface area (Å²) in [6, 6.07) is 22.6. The summed E-state index contributed by atoms with van der Waals surface area (Å²) in [6.45, 7) is 2.18. The van der Waals surface area contributed by atoms with E-state index in [4.69, 9.17) is 0 Å². The second kappa shape index (κ2) is 9.08. The zero-order valence-corrected chi connectivity index (χ0v) is 16.7. The Morgan fingerprint density at radius 1 is 0.968 bits per heavy atom. The molecule has 4 aromatic rings. The van der Waals surface area contributed by atoms with Gasteiger partial charge in [-0.3, -0.25) is 4.79 Å². The lowest BCUT2D eigenvalue weighted by atomic mass is 10.1. The van der Waals surface area contributed by atoms with Crippen LogP contribution >= 0.6 is 0 Å². The van der Waals surface area contributed by atoms with Gasteiger partial charge in [0.1, 0.15) is 5.82 Å². The van der Waals surface area contributed by atoms with Gasteiger partial charge in [-0.05, 0) is 47.5 Å². The highest BCUT2D eigenvalue weighted by atomic mass is 19.1. The topological polar surface area (TPSA) is 85.1 Å². The Morgan fingerprint density at radius 3 is 2.35 bits per heavy atom. The SMILES string of the molecule is C/C(=N/NC(=O)c1ccc(Cn2nnc(-c3ccccc3)n2)cc1)c1ccc(F)cc1. The van der Waals surface area contributed by atoms with Crippen LogP contribution in [0.3, 0.4) is 0 Å². The third-order valence-electron chi connectivity index (χ3n) is 4.61. The standard InChI is InChI=1S/C23H19FN6O/c1-16(18-11-13-21(24)14-12-18)25-27-23(31)20-9-7-17(8-10-20)15-30-28-22(26-29-30)19-5-3-2-4-6-19/h2-14H,15H2,1H3,(H,27,31)/b25-16-. The average molecular weight is 414 g/mol. The van der Waals surface area contributed by atoms with Gasteiger partial charge >= 0.3 is 0 Å². The van der Waals surface area contributed by atoms with E-state index in [1.807, 2.05) is 42.5 Å². The minimum absolute atomic E-state index is 0.321. The number of halogens is 1. The molecular weight excluding hydrogens is 395 g/mol. The monoisotopic (exact) mass is 414 g/mol. The molecule has 1 amide bonds. The highest BCUT2D eigenvalue weighted by molar-refractivity contribution is 6.00. The molecule has 3 aromatic carbocycles. The zero-order valence-electron chi connectivity index (χ0n) is 16.7. The van der Waals surface area contributed by atoms with Gasteiger partial charge in [0.05, 0.1) is 12.3 Å². The Morgan fingerprint density at radius 2 is 1.65 bits per heavy atom. The number of rotatable bonds is 6. The number of aromatic nitrogens is 4. The van der Waals surface area contributed by atoms with E-state index < -0.39 is 0 Å². The van der Waals surface area contributed by atoms with E-state index in [2.05, 4.69) is 25.9 Å². The zero-order chi connectivity index (χ0) is 21.6. The largest absolute Gasteiger partial charge is 0.271 e. The number of hydrogen-bond donors (Lipinski definition) is 1. The lowest BCUT2D eigenvalue weighted by molar-refractivity contribution is 0.0955. The molecule has 154 valence electrons. The lowest BCUT2D eigenvalue weighted by Crippen LogP contribution is -2.19. The minimum atomic E-state index is -0.335. The summed E-state index contributed by atoms with van der Waals surface area (Å²) in [6.07, 6.45) is 0. The molecule has 8 heteroatoms. The maximum absolute atomic E-state index is 13.0. The highest BCUT2D eigenvalue weighted by Crippen LogP contribution is 2.13. The molecule has 0 atom stereocenters. The van der Waals surface area contributed by atoms with Crippen LogP contribution in [-0.2, 0) is 6.54 Å². The molecular formula is C23H19FN6O. The quantitative estimate of drug-likeness (QED) is 0.385. The van der Waals surface area contributed by atoms with Crippen molar-refractivity contribution in [1.29, 1.82) is 0 Å². The summed E-state index contributed by atoms with van der Waals surface area (Å²) in [5.74, 6) is -0.0951. The van der Waals surface area contributed by atoms with Crippen molar-refractivity contribution in [1.82, 2.24) is 25.6 Å². The number of benzene rings is 3. The fourth-order valence-corrected chi connectivity index (χ4v) is 2.89. The fraction of sp³-hybridized carbons (Fsp3) is 0.0870. The minimum Gasteiger partial charge on any atom is -0.267 e. The first-order valence-corrected chi connectivity index (χ1v) is 9.61. The van der Waals surface area contributed by atoms with Crippen LogP contribution in [0.15, 0.2) is 84.0 Å². The molecule has 1 heterocycles. The summed E-state index contributed by atoms with van der Waals surface area (Å²) in [7, 11) is 0. The Hall–Kier alpha value is -4.20. The van der Waals surface area contributed by atoms with Gasteiger partial charge in [-0.2, -0.15) is 9.90 Å². The van der Waals surface area contributed by atoms with Gasteiger partial charge in [0.15, 0.2) is 0 Å². The van der Waals surface area contributed by atoms with Gasteiger partial charge < -0.3 is 0 Å². The molecule has 1 N–H and O–H groups in total. The number of hydrazone groups is 1.